The predicted octanol–water partition coefficient (Wildman–Crippen LogP) is 1.54. The largest absolute Gasteiger partial charge is 0.312 e. The lowest BCUT2D eigenvalue weighted by molar-refractivity contribution is 0.180. The lowest BCUT2D eigenvalue weighted by atomic mass is 9.98. The van der Waals surface area contributed by atoms with Crippen LogP contribution < -0.4 is 5.32 Å². The van der Waals surface area contributed by atoms with E-state index in [-0.39, 0.29) is 0 Å². The highest BCUT2D eigenvalue weighted by Gasteiger charge is 2.18. The molecule has 4 nitrogen and oxygen atoms in total. The van der Waals surface area contributed by atoms with Gasteiger partial charge in [0.05, 0.1) is 6.20 Å². The Morgan fingerprint density at radius 2 is 2.47 bits per heavy atom. The number of aromatic amines is 1. The topological polar surface area (TPSA) is 44.0 Å². The summed E-state index contributed by atoms with van der Waals surface area (Å²) in [5, 5.41) is 10.6. The molecule has 1 fully saturated rings. The summed E-state index contributed by atoms with van der Waals surface area (Å²) in [7, 11) is 0. The number of nitrogens with one attached hydrogen (secondary N) is 2. The number of nitrogens with zero attached hydrogens (tertiary/aromatic N) is 2. The van der Waals surface area contributed by atoms with E-state index >= 15 is 0 Å². The molecule has 17 heavy (non-hydrogen) atoms. The standard InChI is InChI=1S/C13H24N4/c1-3-17-6-4-5-12(10-17)7-14-8-13-9-15-16-11(13)2/h9,12,14H,3-8,10H2,1-2H3,(H,15,16). The summed E-state index contributed by atoms with van der Waals surface area (Å²) >= 11 is 0. The summed E-state index contributed by atoms with van der Waals surface area (Å²) in [5.74, 6) is 0.816. The molecule has 0 bridgehead atoms. The van der Waals surface area contributed by atoms with Crippen molar-refractivity contribution in [3.05, 3.63) is 17.5 Å². The molecule has 1 aliphatic heterocycles. The van der Waals surface area contributed by atoms with Crippen LogP contribution in [0.1, 0.15) is 31.0 Å². The fraction of sp³-hybridized carbons (Fsp3) is 0.769. The first-order chi connectivity index (χ1) is 8.29. The Kier molecular flexibility index (Phi) is 4.57. The molecule has 0 spiro atoms. The number of aromatic nitrogens is 2. The van der Waals surface area contributed by atoms with E-state index in [4.69, 9.17) is 0 Å². The lowest BCUT2D eigenvalue weighted by Gasteiger charge is -2.31. The minimum atomic E-state index is 0.816. The highest BCUT2D eigenvalue weighted by Crippen LogP contribution is 2.15. The maximum absolute atomic E-state index is 4.04. The van der Waals surface area contributed by atoms with Gasteiger partial charge in [-0.25, -0.2) is 0 Å². The average molecular weight is 236 g/mol. The fourth-order valence-corrected chi connectivity index (χ4v) is 2.57. The second kappa shape index (κ2) is 6.17. The van der Waals surface area contributed by atoms with E-state index in [0.717, 1.165) is 19.0 Å². The fourth-order valence-electron chi connectivity index (χ4n) is 2.57. The number of hydrogen-bond donors (Lipinski definition) is 2. The number of rotatable bonds is 5. The van der Waals surface area contributed by atoms with E-state index in [2.05, 4.69) is 34.3 Å². The van der Waals surface area contributed by atoms with Crippen LogP contribution in [0.2, 0.25) is 0 Å². The van der Waals surface area contributed by atoms with Crippen LogP contribution in [0.4, 0.5) is 0 Å². The van der Waals surface area contributed by atoms with Crippen molar-refractivity contribution in [1.82, 2.24) is 20.4 Å². The molecular weight excluding hydrogens is 212 g/mol. The van der Waals surface area contributed by atoms with Crippen LogP contribution in [0, 0.1) is 12.8 Å². The molecule has 2 N–H and O–H groups in total. The zero-order valence-corrected chi connectivity index (χ0v) is 11.0. The number of hydrogen-bond acceptors (Lipinski definition) is 3. The Labute approximate surface area is 104 Å². The van der Waals surface area contributed by atoms with Crippen molar-refractivity contribution in [2.45, 2.75) is 33.2 Å². The summed E-state index contributed by atoms with van der Waals surface area (Å²) in [6.07, 6.45) is 4.64. The minimum Gasteiger partial charge on any atom is -0.312 e. The predicted molar refractivity (Wildman–Crippen MR) is 69.9 cm³/mol. The molecule has 2 heterocycles. The highest BCUT2D eigenvalue weighted by molar-refractivity contribution is 5.13. The Morgan fingerprint density at radius 1 is 1.59 bits per heavy atom. The van der Waals surface area contributed by atoms with Gasteiger partial charge in [0.25, 0.3) is 0 Å². The summed E-state index contributed by atoms with van der Waals surface area (Å²) < 4.78 is 0. The van der Waals surface area contributed by atoms with Gasteiger partial charge in [0.15, 0.2) is 0 Å². The van der Waals surface area contributed by atoms with Crippen LogP contribution >= 0.6 is 0 Å². The first kappa shape index (κ1) is 12.6. The van der Waals surface area contributed by atoms with Crippen molar-refractivity contribution in [3.8, 4) is 0 Å². The van der Waals surface area contributed by atoms with E-state index in [9.17, 15) is 0 Å². The van der Waals surface area contributed by atoms with Gasteiger partial charge < -0.3 is 10.2 Å². The van der Waals surface area contributed by atoms with Gasteiger partial charge in [0, 0.05) is 24.3 Å². The molecule has 1 aromatic heterocycles. The van der Waals surface area contributed by atoms with Gasteiger partial charge in [0.2, 0.25) is 0 Å². The molecule has 0 saturated carbocycles. The summed E-state index contributed by atoms with van der Waals surface area (Å²) in [5.41, 5.74) is 2.46. The monoisotopic (exact) mass is 236 g/mol. The number of aryl methyl sites for hydroxylation is 1. The van der Waals surface area contributed by atoms with Crippen LogP contribution in [-0.4, -0.2) is 41.3 Å². The summed E-state index contributed by atoms with van der Waals surface area (Å²) in [6, 6.07) is 0. The van der Waals surface area contributed by atoms with Crippen LogP contribution in [0.3, 0.4) is 0 Å². The molecule has 2 rings (SSSR count). The first-order valence-electron chi connectivity index (χ1n) is 6.71. The van der Waals surface area contributed by atoms with E-state index in [1.54, 1.807) is 0 Å². The van der Waals surface area contributed by atoms with E-state index in [1.165, 1.54) is 43.7 Å². The summed E-state index contributed by atoms with van der Waals surface area (Å²) in [6.45, 7) is 10.1. The quantitative estimate of drug-likeness (QED) is 0.815. The SMILES string of the molecule is CCN1CCCC(CNCc2cn[nH]c2C)C1. The Balaban J connectivity index is 1.70. The third-order valence-electron chi connectivity index (χ3n) is 3.73. The Hall–Kier alpha value is -0.870. The molecule has 4 heteroatoms. The Morgan fingerprint density at radius 3 is 3.18 bits per heavy atom. The van der Waals surface area contributed by atoms with Crippen molar-refractivity contribution in [1.29, 1.82) is 0 Å². The smallest absolute Gasteiger partial charge is 0.0535 e. The van der Waals surface area contributed by atoms with E-state index < -0.39 is 0 Å². The second-order valence-electron chi connectivity index (χ2n) is 5.05. The molecule has 1 saturated heterocycles. The maximum atomic E-state index is 4.04. The molecule has 1 aromatic rings. The average Bonchev–Trinajstić information content (AvgIpc) is 2.76. The normalized spacial score (nSPS) is 21.9. The van der Waals surface area contributed by atoms with Gasteiger partial charge in [-0.3, -0.25) is 5.10 Å². The third-order valence-corrected chi connectivity index (χ3v) is 3.73. The van der Waals surface area contributed by atoms with Gasteiger partial charge in [-0.15, -0.1) is 0 Å². The molecule has 96 valence electrons. The van der Waals surface area contributed by atoms with E-state index in [0.29, 0.717) is 0 Å². The first-order valence-corrected chi connectivity index (χ1v) is 6.71. The van der Waals surface area contributed by atoms with Crippen LogP contribution in [-0.2, 0) is 6.54 Å². The Bertz CT molecular complexity index is 334. The van der Waals surface area contributed by atoms with Gasteiger partial charge in [0.1, 0.15) is 0 Å². The lowest BCUT2D eigenvalue weighted by Crippen LogP contribution is -2.39. The summed E-state index contributed by atoms with van der Waals surface area (Å²) in [4.78, 5) is 2.55. The van der Waals surface area contributed by atoms with Crippen LogP contribution in [0.5, 0.6) is 0 Å². The molecule has 0 aliphatic carbocycles. The zero-order valence-electron chi connectivity index (χ0n) is 11.0. The molecule has 1 atom stereocenters. The maximum Gasteiger partial charge on any atom is 0.0535 e. The van der Waals surface area contributed by atoms with Gasteiger partial charge >= 0.3 is 0 Å². The van der Waals surface area contributed by atoms with Gasteiger partial charge in [-0.2, -0.15) is 5.10 Å². The third kappa shape index (κ3) is 3.54. The van der Waals surface area contributed by atoms with Crippen molar-refractivity contribution >= 4 is 0 Å². The van der Waals surface area contributed by atoms with Gasteiger partial charge in [-0.05, 0) is 45.3 Å². The van der Waals surface area contributed by atoms with Crippen LogP contribution in [0.25, 0.3) is 0 Å². The molecule has 0 amide bonds. The number of H-pyrrole nitrogens is 1. The van der Waals surface area contributed by atoms with Crippen LogP contribution in [0.15, 0.2) is 6.20 Å². The van der Waals surface area contributed by atoms with Crippen molar-refractivity contribution in [3.63, 3.8) is 0 Å². The minimum absolute atomic E-state index is 0.816. The van der Waals surface area contributed by atoms with Crippen molar-refractivity contribution in [2.75, 3.05) is 26.2 Å². The molecule has 0 aromatic carbocycles. The number of likely N-dealkylation sites (tertiary alicyclic amines) is 1. The molecule has 1 unspecified atom stereocenters. The van der Waals surface area contributed by atoms with Gasteiger partial charge in [-0.1, -0.05) is 6.92 Å². The number of piperidine rings is 1. The zero-order chi connectivity index (χ0) is 12.1. The van der Waals surface area contributed by atoms with Crippen molar-refractivity contribution in [2.24, 2.45) is 5.92 Å². The second-order valence-corrected chi connectivity index (χ2v) is 5.05. The molecule has 0 radical (unpaired) electrons. The van der Waals surface area contributed by atoms with E-state index in [1.807, 2.05) is 6.20 Å². The molecular formula is C13H24N4. The molecule has 1 aliphatic rings. The highest BCUT2D eigenvalue weighted by atomic mass is 15.1. The van der Waals surface area contributed by atoms with Crippen molar-refractivity contribution < 1.29 is 0 Å².